The Balaban J connectivity index is 1.29. The quantitative estimate of drug-likeness (QED) is 0.268. The summed E-state index contributed by atoms with van der Waals surface area (Å²) in [7, 11) is 0. The molecule has 2 aromatic heterocycles. The molecular weight excluding hydrogens is 490 g/mol. The van der Waals surface area contributed by atoms with Crippen LogP contribution >= 0.6 is 0 Å². The lowest BCUT2D eigenvalue weighted by Crippen LogP contribution is -2.66. The second-order valence-corrected chi connectivity index (χ2v) is 11.3. The third-order valence-corrected chi connectivity index (χ3v) is 9.49. The van der Waals surface area contributed by atoms with Crippen LogP contribution in [0.4, 0.5) is 0 Å². The number of hydrogen-bond acceptors (Lipinski definition) is 2. The van der Waals surface area contributed by atoms with Crippen molar-refractivity contribution in [1.82, 2.24) is 8.96 Å². The van der Waals surface area contributed by atoms with E-state index in [9.17, 15) is 0 Å². The molecule has 0 atom stereocenters. The van der Waals surface area contributed by atoms with Gasteiger partial charge in [0, 0.05) is 33.1 Å². The molecule has 0 N–H and O–H groups in total. The Morgan fingerprint density at radius 1 is 0.400 bits per heavy atom. The monoisotopic (exact) mass is 508 g/mol. The van der Waals surface area contributed by atoms with E-state index in [-0.39, 0.29) is 13.7 Å². The molecule has 4 nitrogen and oxygen atoms in total. The Hall–Kier alpha value is -5.09. The zero-order valence-electron chi connectivity index (χ0n) is 21.3. The molecule has 7 aromatic rings. The standard InChI is InChI=1S/C34H18B2N2O2/c1-5-19-15-17-37-33(19)23(9-1)21-7-3-11-25-29(21)35(37)31-27(39-25)13-14-28-32(31)36-30-22(8-4-12-26(30)40-28)24-10-2-6-20-16-18-38(36)34(20)24/h1-18H. The second kappa shape index (κ2) is 6.54. The van der Waals surface area contributed by atoms with Gasteiger partial charge in [0.15, 0.2) is 0 Å². The first-order chi connectivity index (χ1) is 19.8. The highest BCUT2D eigenvalue weighted by atomic mass is 16.5. The summed E-state index contributed by atoms with van der Waals surface area (Å²) in [5.74, 6) is 3.67. The van der Waals surface area contributed by atoms with Crippen molar-refractivity contribution in [2.24, 2.45) is 0 Å². The fourth-order valence-corrected chi connectivity index (χ4v) is 8.02. The predicted molar refractivity (Wildman–Crippen MR) is 162 cm³/mol. The van der Waals surface area contributed by atoms with Crippen molar-refractivity contribution in [1.29, 1.82) is 0 Å². The molecule has 11 rings (SSSR count). The molecule has 4 aliphatic rings. The van der Waals surface area contributed by atoms with E-state index in [0.717, 1.165) is 23.0 Å². The van der Waals surface area contributed by atoms with Gasteiger partial charge >= 0.3 is 13.7 Å². The molecule has 0 saturated heterocycles. The minimum Gasteiger partial charge on any atom is -0.458 e. The number of benzene rings is 5. The summed E-state index contributed by atoms with van der Waals surface area (Å²) >= 11 is 0. The molecule has 182 valence electrons. The van der Waals surface area contributed by atoms with Crippen molar-refractivity contribution in [2.75, 3.05) is 0 Å². The summed E-state index contributed by atoms with van der Waals surface area (Å²) in [6.07, 6.45) is 4.50. The van der Waals surface area contributed by atoms with Crippen molar-refractivity contribution in [3.63, 3.8) is 0 Å². The van der Waals surface area contributed by atoms with Gasteiger partial charge in [-0.2, -0.15) is 0 Å². The van der Waals surface area contributed by atoms with Gasteiger partial charge in [-0.05, 0) is 81.6 Å². The first-order valence-corrected chi connectivity index (χ1v) is 13.8. The molecule has 6 heteroatoms. The van der Waals surface area contributed by atoms with Gasteiger partial charge in [-0.15, -0.1) is 0 Å². The van der Waals surface area contributed by atoms with Gasteiger partial charge in [0.1, 0.15) is 23.0 Å². The molecule has 0 unspecified atom stereocenters. The molecule has 0 bridgehead atoms. The highest BCUT2D eigenvalue weighted by Crippen LogP contribution is 2.42. The maximum atomic E-state index is 6.75. The smallest absolute Gasteiger partial charge is 0.335 e. The van der Waals surface area contributed by atoms with Crippen LogP contribution in [0.5, 0.6) is 23.0 Å². The number of aromatic nitrogens is 2. The van der Waals surface area contributed by atoms with Crippen LogP contribution in [-0.2, 0) is 0 Å². The summed E-state index contributed by atoms with van der Waals surface area (Å²) in [6, 6.07) is 34.8. The molecule has 0 radical (unpaired) electrons. The van der Waals surface area contributed by atoms with E-state index >= 15 is 0 Å². The van der Waals surface area contributed by atoms with Crippen molar-refractivity contribution in [2.45, 2.75) is 0 Å². The van der Waals surface area contributed by atoms with Crippen molar-refractivity contribution < 1.29 is 9.47 Å². The van der Waals surface area contributed by atoms with Crippen LogP contribution < -0.4 is 31.3 Å². The molecule has 0 saturated carbocycles. The maximum Gasteiger partial charge on any atom is 0.335 e. The normalized spacial score (nSPS) is 14.3. The van der Waals surface area contributed by atoms with E-state index in [1.165, 1.54) is 65.9 Å². The molecular formula is C34H18B2N2O2. The molecule has 0 fully saturated rings. The number of ether oxygens (including phenoxy) is 2. The van der Waals surface area contributed by atoms with Crippen LogP contribution in [0.25, 0.3) is 44.1 Å². The molecule has 40 heavy (non-hydrogen) atoms. The summed E-state index contributed by atoms with van der Waals surface area (Å²) in [5.41, 5.74) is 12.4. The van der Waals surface area contributed by atoms with E-state index in [2.05, 4.69) is 118 Å². The molecule has 5 aromatic carbocycles. The van der Waals surface area contributed by atoms with E-state index in [1.807, 2.05) is 0 Å². The van der Waals surface area contributed by atoms with Gasteiger partial charge in [-0.25, -0.2) is 0 Å². The summed E-state index contributed by atoms with van der Waals surface area (Å²) < 4.78 is 18.4. The lowest BCUT2D eigenvalue weighted by atomic mass is 9.37. The predicted octanol–water partition coefficient (Wildman–Crippen LogP) is 5.08. The highest BCUT2D eigenvalue weighted by molar-refractivity contribution is 6.97. The van der Waals surface area contributed by atoms with Gasteiger partial charge in [0.05, 0.1) is 0 Å². The fraction of sp³-hybridized carbons (Fsp3) is 0. The van der Waals surface area contributed by atoms with E-state index in [0.29, 0.717) is 0 Å². The van der Waals surface area contributed by atoms with Crippen LogP contribution in [0.2, 0.25) is 0 Å². The van der Waals surface area contributed by atoms with E-state index in [4.69, 9.17) is 9.47 Å². The number of nitrogens with zero attached hydrogens (tertiary/aromatic N) is 2. The van der Waals surface area contributed by atoms with Crippen molar-refractivity contribution in [3.8, 4) is 45.3 Å². The molecule has 0 spiro atoms. The zero-order valence-corrected chi connectivity index (χ0v) is 21.3. The topological polar surface area (TPSA) is 28.3 Å². The van der Waals surface area contributed by atoms with Gasteiger partial charge in [0.2, 0.25) is 0 Å². The van der Waals surface area contributed by atoms with Crippen LogP contribution in [0.15, 0.2) is 109 Å². The Bertz CT molecular complexity index is 2150. The van der Waals surface area contributed by atoms with Gasteiger partial charge in [-0.3, -0.25) is 0 Å². The van der Waals surface area contributed by atoms with Gasteiger partial charge < -0.3 is 18.4 Å². The number of rotatable bonds is 0. The first kappa shape index (κ1) is 19.9. The van der Waals surface area contributed by atoms with Crippen LogP contribution in [0.1, 0.15) is 0 Å². The number of hydrogen-bond donors (Lipinski definition) is 0. The van der Waals surface area contributed by atoms with E-state index < -0.39 is 0 Å². The van der Waals surface area contributed by atoms with Crippen molar-refractivity contribution >= 4 is 57.4 Å². The average molecular weight is 508 g/mol. The van der Waals surface area contributed by atoms with Crippen LogP contribution in [0, 0.1) is 0 Å². The largest absolute Gasteiger partial charge is 0.458 e. The molecule has 0 amide bonds. The zero-order chi connectivity index (χ0) is 25.7. The summed E-state index contributed by atoms with van der Waals surface area (Å²) in [6.45, 7) is -0.0318. The lowest BCUT2D eigenvalue weighted by Gasteiger charge is -2.39. The minimum absolute atomic E-state index is 0.0159. The first-order valence-electron chi connectivity index (χ1n) is 13.8. The molecule has 0 aliphatic carbocycles. The Morgan fingerprint density at radius 3 is 1.32 bits per heavy atom. The van der Waals surface area contributed by atoms with Crippen LogP contribution in [0.3, 0.4) is 0 Å². The third-order valence-electron chi connectivity index (χ3n) is 9.49. The second-order valence-electron chi connectivity index (χ2n) is 11.3. The summed E-state index contributed by atoms with van der Waals surface area (Å²) in [5, 5.41) is 2.52. The average Bonchev–Trinajstić information content (AvgIpc) is 3.63. The number of fused-ring (bicyclic) bond motifs is 9. The highest BCUT2D eigenvalue weighted by Gasteiger charge is 2.47. The van der Waals surface area contributed by atoms with Crippen molar-refractivity contribution in [3.05, 3.63) is 109 Å². The SMILES string of the molecule is c1cc2c3c(c1)-c1cccc4ccn(c14)B3c1c(ccc3c1B1c4c(cccc4-c4cccc5ccn1c45)O3)O2. The van der Waals surface area contributed by atoms with Gasteiger partial charge in [-0.1, -0.05) is 60.7 Å². The van der Waals surface area contributed by atoms with E-state index in [1.54, 1.807) is 0 Å². The third kappa shape index (κ3) is 2.11. The fourth-order valence-electron chi connectivity index (χ4n) is 8.02. The maximum absolute atomic E-state index is 6.75. The Kier molecular flexibility index (Phi) is 3.26. The summed E-state index contributed by atoms with van der Waals surface area (Å²) in [4.78, 5) is 0. The van der Waals surface area contributed by atoms with Gasteiger partial charge in [0.25, 0.3) is 0 Å². The Morgan fingerprint density at radius 2 is 0.825 bits per heavy atom. The number of para-hydroxylation sites is 2. The van der Waals surface area contributed by atoms with Crippen LogP contribution in [-0.4, -0.2) is 22.7 Å². The Labute approximate surface area is 230 Å². The lowest BCUT2D eigenvalue weighted by molar-refractivity contribution is 0.475. The minimum atomic E-state index is -0.0159. The molecule has 4 aliphatic heterocycles. The molecule has 6 heterocycles.